The van der Waals surface area contributed by atoms with E-state index in [9.17, 15) is 13.6 Å². The Balaban J connectivity index is 2.69. The fraction of sp³-hybridized carbons (Fsp3) is 0.417. The second-order valence-electron chi connectivity index (χ2n) is 4.17. The number of rotatable bonds is 5. The predicted octanol–water partition coefficient (Wildman–Crippen LogP) is 3.93. The number of anilines is 1. The first-order valence-corrected chi connectivity index (χ1v) is 5.80. The van der Waals surface area contributed by atoms with Gasteiger partial charge < -0.3 is 10.1 Å². The Morgan fingerprint density at radius 3 is 2.61 bits per heavy atom. The predicted molar refractivity (Wildman–Crippen MR) is 66.2 cm³/mol. The molecule has 1 N–H and O–H groups in total. The summed E-state index contributed by atoms with van der Waals surface area (Å²) in [7, 11) is 0. The number of carbonyl (C=O) groups excluding carboxylic acids is 1. The van der Waals surface area contributed by atoms with Crippen molar-refractivity contribution in [3.63, 3.8) is 0 Å². The lowest BCUT2D eigenvalue weighted by Crippen LogP contribution is -2.13. The standard InChI is InChI=1S/C12H14ClF2NO2/c1-7(2)5-11(17)16-8-3-4-10(9(13)6-8)18-12(14)15/h3-4,6-7,12H,5H2,1-2H3,(H,16,17). The summed E-state index contributed by atoms with van der Waals surface area (Å²) in [6.07, 6.45) is 0.382. The molecule has 0 unspecified atom stereocenters. The highest BCUT2D eigenvalue weighted by Gasteiger charge is 2.10. The van der Waals surface area contributed by atoms with E-state index < -0.39 is 6.61 Å². The second-order valence-corrected chi connectivity index (χ2v) is 4.58. The molecule has 3 nitrogen and oxygen atoms in total. The molecule has 1 amide bonds. The van der Waals surface area contributed by atoms with Gasteiger partial charge in [-0.05, 0) is 24.1 Å². The van der Waals surface area contributed by atoms with Crippen molar-refractivity contribution in [1.29, 1.82) is 0 Å². The van der Waals surface area contributed by atoms with Crippen LogP contribution in [0.4, 0.5) is 14.5 Å². The van der Waals surface area contributed by atoms with Crippen LogP contribution in [0.15, 0.2) is 18.2 Å². The topological polar surface area (TPSA) is 38.3 Å². The van der Waals surface area contributed by atoms with Gasteiger partial charge in [-0.1, -0.05) is 25.4 Å². The van der Waals surface area contributed by atoms with Gasteiger partial charge in [0.25, 0.3) is 0 Å². The minimum absolute atomic E-state index is 0.0256. The molecule has 0 atom stereocenters. The Hall–Kier alpha value is -1.36. The molecule has 0 aromatic heterocycles. The molecule has 100 valence electrons. The van der Waals surface area contributed by atoms with Crippen LogP contribution < -0.4 is 10.1 Å². The Morgan fingerprint density at radius 1 is 1.44 bits per heavy atom. The number of benzene rings is 1. The minimum Gasteiger partial charge on any atom is -0.433 e. The number of alkyl halides is 2. The van der Waals surface area contributed by atoms with Gasteiger partial charge in [0.2, 0.25) is 5.91 Å². The molecule has 0 fully saturated rings. The van der Waals surface area contributed by atoms with Gasteiger partial charge in [0.1, 0.15) is 5.75 Å². The number of halogens is 3. The number of hydrogen-bond acceptors (Lipinski definition) is 2. The molecule has 0 bridgehead atoms. The molecule has 0 aliphatic heterocycles. The molecule has 0 radical (unpaired) electrons. The van der Waals surface area contributed by atoms with E-state index in [0.29, 0.717) is 12.1 Å². The summed E-state index contributed by atoms with van der Waals surface area (Å²) in [5.74, 6) is -0.0287. The van der Waals surface area contributed by atoms with Crippen molar-refractivity contribution in [2.75, 3.05) is 5.32 Å². The molecular formula is C12H14ClF2NO2. The third kappa shape index (κ3) is 4.87. The highest BCUT2D eigenvalue weighted by molar-refractivity contribution is 6.32. The van der Waals surface area contributed by atoms with Crippen molar-refractivity contribution in [1.82, 2.24) is 0 Å². The van der Waals surface area contributed by atoms with Crippen LogP contribution in [0, 0.1) is 5.92 Å². The first kappa shape index (κ1) is 14.7. The van der Waals surface area contributed by atoms with Gasteiger partial charge in [-0.15, -0.1) is 0 Å². The molecule has 1 aromatic carbocycles. The fourth-order valence-electron chi connectivity index (χ4n) is 1.35. The van der Waals surface area contributed by atoms with Crippen LogP contribution in [0.1, 0.15) is 20.3 Å². The van der Waals surface area contributed by atoms with Crippen molar-refractivity contribution in [2.24, 2.45) is 5.92 Å². The Kier molecular flexibility index (Phi) is 5.34. The lowest BCUT2D eigenvalue weighted by Gasteiger charge is -2.10. The Morgan fingerprint density at radius 2 is 2.11 bits per heavy atom. The summed E-state index contributed by atoms with van der Waals surface area (Å²) in [6, 6.07) is 4.12. The SMILES string of the molecule is CC(C)CC(=O)Nc1ccc(OC(F)F)c(Cl)c1. The summed E-state index contributed by atoms with van der Waals surface area (Å²) in [4.78, 5) is 11.5. The molecule has 0 saturated heterocycles. The average molecular weight is 278 g/mol. The summed E-state index contributed by atoms with van der Waals surface area (Å²) in [5.41, 5.74) is 0.451. The van der Waals surface area contributed by atoms with Crippen LogP contribution in [0.25, 0.3) is 0 Å². The maximum Gasteiger partial charge on any atom is 0.387 e. The zero-order chi connectivity index (χ0) is 13.7. The smallest absolute Gasteiger partial charge is 0.387 e. The number of amides is 1. The lowest BCUT2D eigenvalue weighted by molar-refractivity contribution is -0.116. The van der Waals surface area contributed by atoms with Gasteiger partial charge >= 0.3 is 6.61 Å². The fourth-order valence-corrected chi connectivity index (χ4v) is 1.58. The van der Waals surface area contributed by atoms with Crippen molar-refractivity contribution >= 4 is 23.2 Å². The zero-order valence-corrected chi connectivity index (χ0v) is 10.8. The Bertz CT molecular complexity index is 425. The molecule has 18 heavy (non-hydrogen) atoms. The zero-order valence-electron chi connectivity index (χ0n) is 10.0. The van der Waals surface area contributed by atoms with E-state index in [1.54, 1.807) is 0 Å². The van der Waals surface area contributed by atoms with Gasteiger partial charge in [-0.3, -0.25) is 4.79 Å². The van der Waals surface area contributed by atoms with E-state index >= 15 is 0 Å². The quantitative estimate of drug-likeness (QED) is 0.886. The molecule has 0 saturated carbocycles. The summed E-state index contributed by atoms with van der Waals surface area (Å²) in [5, 5.41) is 2.65. The van der Waals surface area contributed by atoms with Crippen LogP contribution >= 0.6 is 11.6 Å². The van der Waals surface area contributed by atoms with E-state index in [1.165, 1.54) is 18.2 Å². The molecule has 1 aromatic rings. The first-order chi connectivity index (χ1) is 8.38. The van der Waals surface area contributed by atoms with E-state index in [1.807, 2.05) is 13.8 Å². The lowest BCUT2D eigenvalue weighted by atomic mass is 10.1. The third-order valence-electron chi connectivity index (χ3n) is 2.03. The third-order valence-corrected chi connectivity index (χ3v) is 2.32. The average Bonchev–Trinajstić information content (AvgIpc) is 2.20. The molecule has 1 rings (SSSR count). The molecular weight excluding hydrogens is 264 g/mol. The van der Waals surface area contributed by atoms with Gasteiger partial charge in [-0.2, -0.15) is 8.78 Å². The highest BCUT2D eigenvalue weighted by atomic mass is 35.5. The molecule has 6 heteroatoms. The monoisotopic (exact) mass is 277 g/mol. The van der Waals surface area contributed by atoms with Gasteiger partial charge in [0.05, 0.1) is 5.02 Å². The van der Waals surface area contributed by atoms with Crippen molar-refractivity contribution in [3.05, 3.63) is 23.2 Å². The normalized spacial score (nSPS) is 10.8. The van der Waals surface area contributed by atoms with Crippen LogP contribution in [0.2, 0.25) is 5.02 Å². The first-order valence-electron chi connectivity index (χ1n) is 5.42. The van der Waals surface area contributed by atoms with E-state index in [0.717, 1.165) is 0 Å². The van der Waals surface area contributed by atoms with Crippen molar-refractivity contribution < 1.29 is 18.3 Å². The van der Waals surface area contributed by atoms with Crippen molar-refractivity contribution in [2.45, 2.75) is 26.9 Å². The molecule has 0 aliphatic rings. The molecule has 0 heterocycles. The van der Waals surface area contributed by atoms with Crippen LogP contribution in [0.5, 0.6) is 5.75 Å². The van der Waals surface area contributed by atoms with Gasteiger partial charge in [0.15, 0.2) is 0 Å². The van der Waals surface area contributed by atoms with Gasteiger partial charge in [-0.25, -0.2) is 0 Å². The van der Waals surface area contributed by atoms with Crippen molar-refractivity contribution in [3.8, 4) is 5.75 Å². The minimum atomic E-state index is -2.93. The molecule has 0 aliphatic carbocycles. The van der Waals surface area contributed by atoms with E-state index in [4.69, 9.17) is 11.6 Å². The largest absolute Gasteiger partial charge is 0.433 e. The molecule has 0 spiro atoms. The maximum absolute atomic E-state index is 12.0. The number of ether oxygens (including phenoxy) is 1. The second kappa shape index (κ2) is 6.54. The van der Waals surface area contributed by atoms with Gasteiger partial charge in [0, 0.05) is 12.1 Å². The highest BCUT2D eigenvalue weighted by Crippen LogP contribution is 2.29. The van der Waals surface area contributed by atoms with E-state index in [-0.39, 0.29) is 22.6 Å². The number of hydrogen-bond donors (Lipinski definition) is 1. The van der Waals surface area contributed by atoms with E-state index in [2.05, 4.69) is 10.1 Å². The number of nitrogens with one attached hydrogen (secondary N) is 1. The maximum atomic E-state index is 12.0. The van der Waals surface area contributed by atoms with Crippen LogP contribution in [0.3, 0.4) is 0 Å². The summed E-state index contributed by atoms with van der Waals surface area (Å²) >= 11 is 5.75. The Labute approximate surface area is 109 Å². The number of carbonyl (C=O) groups is 1. The summed E-state index contributed by atoms with van der Waals surface area (Å²) in [6.45, 7) is 0.919. The van der Waals surface area contributed by atoms with Crippen LogP contribution in [-0.4, -0.2) is 12.5 Å². The van der Waals surface area contributed by atoms with Crippen LogP contribution in [-0.2, 0) is 4.79 Å². The summed E-state index contributed by atoms with van der Waals surface area (Å²) < 4.78 is 28.2.